The number of hydrogen-bond acceptors (Lipinski definition) is 3. The molecule has 0 fully saturated rings. The number of allylic oxidation sites excluding steroid dienone is 3. The first-order chi connectivity index (χ1) is 12.4. The largest absolute Gasteiger partial charge is 0.402 e. The second-order valence-electron chi connectivity index (χ2n) is 6.65. The lowest BCUT2D eigenvalue weighted by Gasteiger charge is -2.13. The van der Waals surface area contributed by atoms with Crippen LogP contribution in [0.4, 0.5) is 0 Å². The van der Waals surface area contributed by atoms with Gasteiger partial charge in [-0.1, -0.05) is 43.7 Å². The number of ketones is 1. The number of benzene rings is 1. The Kier molecular flexibility index (Phi) is 6.51. The number of nitrogens with two attached hydrogens (primary N) is 1. The highest BCUT2D eigenvalue weighted by Crippen LogP contribution is 2.27. The van der Waals surface area contributed by atoms with E-state index in [2.05, 4.69) is 42.2 Å². The highest BCUT2D eigenvalue weighted by Gasteiger charge is 2.14. The molecule has 1 aromatic heterocycles. The number of rotatable bonds is 6. The fourth-order valence-corrected chi connectivity index (χ4v) is 3.28. The number of aromatic nitrogens is 1. The second-order valence-corrected chi connectivity index (χ2v) is 6.65. The van der Waals surface area contributed by atoms with Crippen LogP contribution in [-0.4, -0.2) is 10.8 Å². The number of hydrogen-bond donors (Lipinski definition) is 1. The van der Waals surface area contributed by atoms with E-state index in [4.69, 9.17) is 5.73 Å². The zero-order valence-electron chi connectivity index (χ0n) is 16.4. The minimum atomic E-state index is -0.0447. The lowest BCUT2D eigenvalue weighted by molar-refractivity contribution is -0.111. The molecule has 3 nitrogen and oxygen atoms in total. The van der Waals surface area contributed by atoms with Crippen LogP contribution in [0.2, 0.25) is 0 Å². The van der Waals surface area contributed by atoms with Gasteiger partial charge in [0, 0.05) is 28.6 Å². The summed E-state index contributed by atoms with van der Waals surface area (Å²) in [5, 5.41) is 0. The fourth-order valence-electron chi connectivity index (χ4n) is 3.28. The molecular weight excluding hydrogens is 320 g/mol. The first kappa shape index (κ1) is 19.6. The van der Waals surface area contributed by atoms with Crippen LogP contribution in [0, 0.1) is 6.92 Å². The van der Waals surface area contributed by atoms with E-state index in [0.717, 1.165) is 40.8 Å². The maximum atomic E-state index is 11.9. The van der Waals surface area contributed by atoms with Gasteiger partial charge in [0.1, 0.15) is 0 Å². The van der Waals surface area contributed by atoms with Gasteiger partial charge >= 0.3 is 0 Å². The van der Waals surface area contributed by atoms with Gasteiger partial charge in [-0.15, -0.1) is 0 Å². The van der Waals surface area contributed by atoms with Crippen molar-refractivity contribution in [3.63, 3.8) is 0 Å². The lowest BCUT2D eigenvalue weighted by atomic mass is 9.95. The van der Waals surface area contributed by atoms with E-state index in [1.807, 2.05) is 19.9 Å². The third-order valence-electron chi connectivity index (χ3n) is 4.46. The molecule has 0 saturated carbocycles. The summed E-state index contributed by atoms with van der Waals surface area (Å²) in [4.78, 5) is 16.6. The van der Waals surface area contributed by atoms with Crippen LogP contribution in [0.25, 0.3) is 11.1 Å². The maximum Gasteiger partial charge on any atom is 0.162 e. The third kappa shape index (κ3) is 4.29. The molecule has 0 spiro atoms. The van der Waals surface area contributed by atoms with Crippen molar-refractivity contribution < 1.29 is 4.79 Å². The smallest absolute Gasteiger partial charge is 0.162 e. The van der Waals surface area contributed by atoms with Crippen LogP contribution in [-0.2, 0) is 11.2 Å². The van der Waals surface area contributed by atoms with Crippen molar-refractivity contribution in [2.24, 2.45) is 5.73 Å². The van der Waals surface area contributed by atoms with Gasteiger partial charge in [-0.05, 0) is 56.9 Å². The summed E-state index contributed by atoms with van der Waals surface area (Å²) in [5.74, 6) is -0.0447. The van der Waals surface area contributed by atoms with E-state index in [-0.39, 0.29) is 5.78 Å². The molecule has 136 valence electrons. The van der Waals surface area contributed by atoms with Gasteiger partial charge in [0.2, 0.25) is 0 Å². The third-order valence-corrected chi connectivity index (χ3v) is 4.46. The van der Waals surface area contributed by atoms with Crippen molar-refractivity contribution in [1.82, 2.24) is 4.98 Å². The molecule has 2 rings (SSSR count). The summed E-state index contributed by atoms with van der Waals surface area (Å²) in [7, 11) is 0. The van der Waals surface area contributed by atoms with Crippen LogP contribution in [0.5, 0.6) is 0 Å². The summed E-state index contributed by atoms with van der Waals surface area (Å²) < 4.78 is 0. The Bertz CT molecular complexity index is 854. The monoisotopic (exact) mass is 348 g/mol. The first-order valence-corrected chi connectivity index (χ1v) is 9.09. The lowest BCUT2D eigenvalue weighted by Crippen LogP contribution is -2.07. The van der Waals surface area contributed by atoms with E-state index in [9.17, 15) is 4.79 Å². The summed E-state index contributed by atoms with van der Waals surface area (Å²) >= 11 is 0. The molecule has 0 atom stereocenters. The zero-order valence-corrected chi connectivity index (χ0v) is 16.4. The van der Waals surface area contributed by atoms with Gasteiger partial charge in [-0.25, -0.2) is 0 Å². The Hall–Kier alpha value is -2.68. The number of Topliss-reactive ketones (excluding diaryl/α,β-unsaturated/α-hetero) is 1. The molecule has 1 aromatic carbocycles. The molecular formula is C23H28N2O. The number of carbonyl (C=O) groups excluding carboxylic acids is 1. The quantitative estimate of drug-likeness (QED) is 0.741. The van der Waals surface area contributed by atoms with E-state index in [1.165, 1.54) is 12.5 Å². The average Bonchev–Trinajstić information content (AvgIpc) is 2.58. The van der Waals surface area contributed by atoms with Crippen molar-refractivity contribution in [1.29, 1.82) is 0 Å². The number of carbonyl (C=O) groups is 1. The van der Waals surface area contributed by atoms with Crippen LogP contribution in [0.1, 0.15) is 62.1 Å². The van der Waals surface area contributed by atoms with Gasteiger partial charge in [0.25, 0.3) is 0 Å². The Morgan fingerprint density at radius 1 is 1.15 bits per heavy atom. The maximum absolute atomic E-state index is 11.9. The molecule has 26 heavy (non-hydrogen) atoms. The molecule has 0 aliphatic rings. The molecule has 0 saturated heterocycles. The molecule has 3 heteroatoms. The Morgan fingerprint density at radius 3 is 2.27 bits per heavy atom. The molecule has 0 amide bonds. The van der Waals surface area contributed by atoms with Crippen LogP contribution in [0.15, 0.2) is 48.3 Å². The van der Waals surface area contributed by atoms with Crippen LogP contribution >= 0.6 is 0 Å². The number of aryl methyl sites for hydroxylation is 2. The molecule has 0 aliphatic carbocycles. The van der Waals surface area contributed by atoms with Crippen molar-refractivity contribution >= 4 is 16.9 Å². The van der Waals surface area contributed by atoms with Gasteiger partial charge in [-0.2, -0.15) is 0 Å². The van der Waals surface area contributed by atoms with Gasteiger partial charge in [0.05, 0.1) is 5.69 Å². The minimum absolute atomic E-state index is 0.0447. The second kappa shape index (κ2) is 8.61. The van der Waals surface area contributed by atoms with E-state index < -0.39 is 0 Å². The summed E-state index contributed by atoms with van der Waals surface area (Å²) in [6.45, 7) is 9.51. The normalized spacial score (nSPS) is 12.7. The average molecular weight is 348 g/mol. The van der Waals surface area contributed by atoms with Crippen molar-refractivity contribution in [3.05, 3.63) is 76.2 Å². The van der Waals surface area contributed by atoms with E-state index >= 15 is 0 Å². The molecule has 2 N–H and O–H groups in total. The SMILES string of the molecule is C/C=C(/c1ccc(CCC)cc1)c1ncc(C(C(C)=O)=C(C)N)cc1C. The van der Waals surface area contributed by atoms with Crippen molar-refractivity contribution in [3.8, 4) is 0 Å². The van der Waals surface area contributed by atoms with Gasteiger partial charge in [-0.3, -0.25) is 9.78 Å². The molecule has 0 radical (unpaired) electrons. The van der Waals surface area contributed by atoms with E-state index in [0.29, 0.717) is 11.3 Å². The summed E-state index contributed by atoms with van der Waals surface area (Å²) in [6, 6.07) is 10.7. The zero-order chi connectivity index (χ0) is 19.3. The number of nitrogens with zero attached hydrogens (tertiary/aromatic N) is 1. The molecule has 0 bridgehead atoms. The summed E-state index contributed by atoms with van der Waals surface area (Å²) in [6.07, 6.45) is 6.06. The predicted octanol–water partition coefficient (Wildman–Crippen LogP) is 5.07. The highest BCUT2D eigenvalue weighted by molar-refractivity contribution is 6.20. The van der Waals surface area contributed by atoms with Gasteiger partial charge in [0.15, 0.2) is 5.78 Å². The first-order valence-electron chi connectivity index (χ1n) is 9.09. The molecule has 0 aliphatic heterocycles. The van der Waals surface area contributed by atoms with Gasteiger partial charge < -0.3 is 5.73 Å². The molecule has 2 aromatic rings. The molecule has 1 heterocycles. The minimum Gasteiger partial charge on any atom is -0.402 e. The Balaban J connectivity index is 2.44. The van der Waals surface area contributed by atoms with E-state index in [1.54, 1.807) is 13.1 Å². The van der Waals surface area contributed by atoms with Crippen molar-refractivity contribution in [2.75, 3.05) is 0 Å². The summed E-state index contributed by atoms with van der Waals surface area (Å²) in [5.41, 5.74) is 13.3. The Labute approximate surface area is 156 Å². The van der Waals surface area contributed by atoms with Crippen molar-refractivity contribution in [2.45, 2.75) is 47.5 Å². The van der Waals surface area contributed by atoms with Crippen LogP contribution < -0.4 is 5.73 Å². The van der Waals surface area contributed by atoms with Crippen LogP contribution in [0.3, 0.4) is 0 Å². The topological polar surface area (TPSA) is 56.0 Å². The predicted molar refractivity (Wildman–Crippen MR) is 110 cm³/mol. The molecule has 0 unspecified atom stereocenters. The fraction of sp³-hybridized carbons (Fsp3) is 0.304. The Morgan fingerprint density at radius 2 is 1.81 bits per heavy atom. The number of pyridine rings is 1. The highest BCUT2D eigenvalue weighted by atomic mass is 16.1. The standard InChI is InChI=1S/C23H28N2O/c1-6-8-18-9-11-19(12-10-18)21(7-2)23-15(3)13-20(14-25-23)22(16(4)24)17(5)26/h7,9-14H,6,8,24H2,1-5H3/b21-7-,22-16?.